The molecule has 0 spiro atoms. The lowest BCUT2D eigenvalue weighted by molar-refractivity contribution is -0.137. The summed E-state index contributed by atoms with van der Waals surface area (Å²) in [6.45, 7) is 6.46. The average Bonchev–Trinajstić information content (AvgIpc) is 3.21. The summed E-state index contributed by atoms with van der Waals surface area (Å²) in [6, 6.07) is 7.43. The van der Waals surface area contributed by atoms with Gasteiger partial charge in [0.2, 0.25) is 0 Å². The number of aliphatic hydroxyl groups excluding tert-OH is 1. The highest BCUT2D eigenvalue weighted by Crippen LogP contribution is 2.30. The van der Waals surface area contributed by atoms with Crippen LogP contribution in [-0.2, 0) is 14.3 Å². The molecule has 1 atom stereocenters. The fourth-order valence-electron chi connectivity index (χ4n) is 3.48. The fourth-order valence-corrected chi connectivity index (χ4v) is 3.48. The van der Waals surface area contributed by atoms with Crippen LogP contribution in [0, 0.1) is 0 Å². The van der Waals surface area contributed by atoms with Gasteiger partial charge in [-0.1, -0.05) is 12.1 Å². The molecule has 1 saturated heterocycles. The molecule has 1 aromatic rings. The SMILES string of the molecule is CC(C)(C)OC(=O)NC1CCN(c2ccccc2NC2=CC(=O)N(CCO)C2=O)C1. The number of benzene rings is 1. The van der Waals surface area contributed by atoms with Crippen LogP contribution < -0.4 is 15.5 Å². The van der Waals surface area contributed by atoms with E-state index < -0.39 is 23.5 Å². The Morgan fingerprint density at radius 2 is 2.00 bits per heavy atom. The van der Waals surface area contributed by atoms with E-state index in [1.165, 1.54) is 6.08 Å². The lowest BCUT2D eigenvalue weighted by atomic mass is 10.2. The van der Waals surface area contributed by atoms with Crippen LogP contribution in [0.5, 0.6) is 0 Å². The number of para-hydroxylation sites is 2. The lowest BCUT2D eigenvalue weighted by Crippen LogP contribution is -2.40. The highest BCUT2D eigenvalue weighted by Gasteiger charge is 2.32. The second-order valence-electron chi connectivity index (χ2n) is 8.30. The van der Waals surface area contributed by atoms with E-state index in [4.69, 9.17) is 9.84 Å². The van der Waals surface area contributed by atoms with Gasteiger partial charge < -0.3 is 25.4 Å². The number of amides is 3. The Hall–Kier alpha value is -3.07. The van der Waals surface area contributed by atoms with Gasteiger partial charge in [-0.3, -0.25) is 14.5 Å². The highest BCUT2D eigenvalue weighted by molar-refractivity contribution is 6.17. The molecule has 2 aliphatic heterocycles. The maximum absolute atomic E-state index is 12.4. The number of nitrogens with one attached hydrogen (secondary N) is 2. The molecular formula is C21H28N4O5. The first-order valence-electron chi connectivity index (χ1n) is 9.97. The van der Waals surface area contributed by atoms with Gasteiger partial charge in [0.15, 0.2) is 0 Å². The number of hydrogen-bond acceptors (Lipinski definition) is 7. The van der Waals surface area contributed by atoms with Gasteiger partial charge >= 0.3 is 6.09 Å². The van der Waals surface area contributed by atoms with Crippen molar-refractivity contribution >= 4 is 29.3 Å². The molecule has 3 rings (SSSR count). The third kappa shape index (κ3) is 5.10. The highest BCUT2D eigenvalue weighted by atomic mass is 16.6. The first kappa shape index (κ1) is 21.6. The van der Waals surface area contributed by atoms with Gasteiger partial charge in [-0.15, -0.1) is 0 Å². The average molecular weight is 416 g/mol. The third-order valence-electron chi connectivity index (χ3n) is 4.76. The van der Waals surface area contributed by atoms with Crippen LogP contribution in [0.4, 0.5) is 16.2 Å². The van der Waals surface area contributed by atoms with Gasteiger partial charge in [-0.05, 0) is 39.3 Å². The normalized spacial score (nSPS) is 19.2. The molecule has 0 aromatic heterocycles. The van der Waals surface area contributed by atoms with Crippen molar-refractivity contribution in [2.45, 2.75) is 38.8 Å². The quantitative estimate of drug-likeness (QED) is 0.602. The van der Waals surface area contributed by atoms with Gasteiger partial charge in [-0.2, -0.15) is 0 Å². The zero-order chi connectivity index (χ0) is 21.9. The Kier molecular flexibility index (Phi) is 6.31. The number of carbonyl (C=O) groups is 3. The van der Waals surface area contributed by atoms with E-state index in [1.807, 2.05) is 45.0 Å². The number of β-amino-alcohol motifs (C(OH)–C–C–N with tert-alkyl or cyclic N) is 1. The largest absolute Gasteiger partial charge is 0.444 e. The fraction of sp³-hybridized carbons (Fsp3) is 0.476. The predicted octanol–water partition coefficient (Wildman–Crippen LogP) is 1.45. The van der Waals surface area contributed by atoms with E-state index in [2.05, 4.69) is 15.5 Å². The summed E-state index contributed by atoms with van der Waals surface area (Å²) in [6.07, 6.45) is 1.56. The minimum Gasteiger partial charge on any atom is -0.444 e. The number of aliphatic hydroxyl groups is 1. The van der Waals surface area contributed by atoms with E-state index in [1.54, 1.807) is 0 Å². The van der Waals surface area contributed by atoms with Gasteiger partial charge in [0, 0.05) is 19.2 Å². The van der Waals surface area contributed by atoms with Crippen molar-refractivity contribution < 1.29 is 24.2 Å². The molecule has 30 heavy (non-hydrogen) atoms. The number of rotatable bonds is 6. The van der Waals surface area contributed by atoms with Gasteiger partial charge in [0.1, 0.15) is 11.3 Å². The summed E-state index contributed by atoms with van der Waals surface area (Å²) in [5, 5.41) is 15.0. The first-order valence-corrected chi connectivity index (χ1v) is 9.97. The summed E-state index contributed by atoms with van der Waals surface area (Å²) in [4.78, 5) is 39.5. The van der Waals surface area contributed by atoms with Crippen molar-refractivity contribution in [1.29, 1.82) is 0 Å². The monoisotopic (exact) mass is 416 g/mol. The van der Waals surface area contributed by atoms with Gasteiger partial charge in [-0.25, -0.2) is 4.79 Å². The maximum Gasteiger partial charge on any atom is 0.407 e. The molecule has 162 valence electrons. The molecule has 0 saturated carbocycles. The van der Waals surface area contributed by atoms with Crippen LogP contribution >= 0.6 is 0 Å². The Labute approximate surface area is 175 Å². The molecule has 0 bridgehead atoms. The summed E-state index contributed by atoms with van der Waals surface area (Å²) in [5.74, 6) is -0.911. The topological polar surface area (TPSA) is 111 Å². The van der Waals surface area contributed by atoms with E-state index in [-0.39, 0.29) is 24.9 Å². The summed E-state index contributed by atoms with van der Waals surface area (Å²) < 4.78 is 5.32. The number of imide groups is 1. The predicted molar refractivity (Wildman–Crippen MR) is 112 cm³/mol. The van der Waals surface area contributed by atoms with Crippen molar-refractivity contribution in [3.63, 3.8) is 0 Å². The van der Waals surface area contributed by atoms with Crippen molar-refractivity contribution in [3.05, 3.63) is 36.0 Å². The standard InChI is InChI=1S/C21H28N4O5/c1-21(2,3)30-20(29)22-14-8-9-24(13-14)17-7-5-4-6-15(17)23-16-12-18(27)25(10-11-26)19(16)28/h4-7,12,14,23,26H,8-11,13H2,1-3H3,(H,22,29). The summed E-state index contributed by atoms with van der Waals surface area (Å²) in [5.41, 5.74) is 1.17. The molecule has 1 fully saturated rings. The Morgan fingerprint density at radius 1 is 1.27 bits per heavy atom. The van der Waals surface area contributed by atoms with Crippen molar-refractivity contribution in [2.24, 2.45) is 0 Å². The summed E-state index contributed by atoms with van der Waals surface area (Å²) in [7, 11) is 0. The molecule has 2 aliphatic rings. The molecule has 9 heteroatoms. The zero-order valence-electron chi connectivity index (χ0n) is 17.5. The van der Waals surface area contributed by atoms with Gasteiger partial charge in [0.05, 0.1) is 30.6 Å². The molecule has 2 heterocycles. The number of nitrogens with zero attached hydrogens (tertiary/aromatic N) is 2. The molecular weight excluding hydrogens is 388 g/mol. The summed E-state index contributed by atoms with van der Waals surface area (Å²) >= 11 is 0. The molecule has 0 aliphatic carbocycles. The Morgan fingerprint density at radius 3 is 2.70 bits per heavy atom. The Bertz CT molecular complexity index is 861. The smallest absolute Gasteiger partial charge is 0.407 e. The van der Waals surface area contributed by atoms with Crippen LogP contribution in [0.1, 0.15) is 27.2 Å². The Balaban J connectivity index is 1.67. The van der Waals surface area contributed by atoms with E-state index >= 15 is 0 Å². The maximum atomic E-state index is 12.4. The van der Waals surface area contributed by atoms with Crippen LogP contribution in [0.15, 0.2) is 36.0 Å². The second-order valence-corrected chi connectivity index (χ2v) is 8.30. The number of hydrogen-bond donors (Lipinski definition) is 3. The van der Waals surface area contributed by atoms with Gasteiger partial charge in [0.25, 0.3) is 11.8 Å². The third-order valence-corrected chi connectivity index (χ3v) is 4.76. The number of alkyl carbamates (subject to hydrolysis) is 1. The minimum atomic E-state index is -0.554. The van der Waals surface area contributed by atoms with E-state index in [9.17, 15) is 14.4 Å². The lowest BCUT2D eigenvalue weighted by Gasteiger charge is -2.24. The molecule has 3 amide bonds. The van der Waals surface area contributed by atoms with Crippen molar-refractivity contribution in [1.82, 2.24) is 10.2 Å². The zero-order valence-corrected chi connectivity index (χ0v) is 17.5. The molecule has 3 N–H and O–H groups in total. The number of carbonyl (C=O) groups excluding carboxylic acids is 3. The second kappa shape index (κ2) is 8.74. The minimum absolute atomic E-state index is 0.0366. The van der Waals surface area contributed by atoms with Crippen LogP contribution in [-0.4, -0.2) is 65.8 Å². The molecule has 1 unspecified atom stereocenters. The molecule has 0 radical (unpaired) electrons. The first-order chi connectivity index (χ1) is 14.2. The van der Waals surface area contributed by atoms with Crippen LogP contribution in [0.2, 0.25) is 0 Å². The number of ether oxygens (including phenoxy) is 1. The van der Waals surface area contributed by atoms with Crippen molar-refractivity contribution in [3.8, 4) is 0 Å². The van der Waals surface area contributed by atoms with E-state index in [0.717, 1.165) is 23.6 Å². The van der Waals surface area contributed by atoms with Crippen molar-refractivity contribution in [2.75, 3.05) is 36.5 Å². The van der Waals surface area contributed by atoms with Crippen LogP contribution in [0.3, 0.4) is 0 Å². The van der Waals surface area contributed by atoms with Crippen LogP contribution in [0.25, 0.3) is 0 Å². The molecule has 9 nitrogen and oxygen atoms in total. The molecule has 1 aromatic carbocycles. The number of anilines is 2. The van der Waals surface area contributed by atoms with E-state index in [0.29, 0.717) is 12.2 Å².